The SMILES string of the molecule is CC(C)N1C(N)=NCC1c1ccsc1. The number of aliphatic imine (C=N–C) groups is 1. The lowest BCUT2D eigenvalue weighted by Gasteiger charge is -2.29. The van der Waals surface area contributed by atoms with Gasteiger partial charge in [0.1, 0.15) is 0 Å². The molecule has 0 amide bonds. The molecule has 1 aliphatic heterocycles. The fraction of sp³-hybridized carbons (Fsp3) is 0.500. The van der Waals surface area contributed by atoms with Gasteiger partial charge in [0.05, 0.1) is 12.6 Å². The first-order chi connectivity index (χ1) is 6.70. The van der Waals surface area contributed by atoms with Crippen LogP contribution in [0.5, 0.6) is 0 Å². The molecule has 0 saturated carbocycles. The van der Waals surface area contributed by atoms with E-state index in [0.29, 0.717) is 18.0 Å². The predicted molar refractivity (Wildman–Crippen MR) is 60.5 cm³/mol. The number of nitrogens with two attached hydrogens (primary N) is 1. The van der Waals surface area contributed by atoms with Crippen LogP contribution in [0.1, 0.15) is 25.5 Å². The summed E-state index contributed by atoms with van der Waals surface area (Å²) in [4.78, 5) is 6.48. The van der Waals surface area contributed by atoms with Crippen LogP contribution in [0.3, 0.4) is 0 Å². The molecule has 1 aliphatic rings. The van der Waals surface area contributed by atoms with Crippen molar-refractivity contribution in [3.8, 4) is 0 Å². The molecule has 2 N–H and O–H groups in total. The summed E-state index contributed by atoms with van der Waals surface area (Å²) in [5.41, 5.74) is 7.18. The van der Waals surface area contributed by atoms with E-state index in [2.05, 4.69) is 40.6 Å². The first-order valence-corrected chi connectivity index (χ1v) is 5.75. The van der Waals surface area contributed by atoms with Gasteiger partial charge in [-0.15, -0.1) is 0 Å². The van der Waals surface area contributed by atoms with Crippen LogP contribution in [0.2, 0.25) is 0 Å². The minimum Gasteiger partial charge on any atom is -0.370 e. The van der Waals surface area contributed by atoms with Gasteiger partial charge in [0.25, 0.3) is 0 Å². The zero-order chi connectivity index (χ0) is 10.1. The van der Waals surface area contributed by atoms with E-state index in [4.69, 9.17) is 5.73 Å². The first-order valence-electron chi connectivity index (χ1n) is 4.80. The van der Waals surface area contributed by atoms with Crippen LogP contribution in [0.4, 0.5) is 0 Å². The summed E-state index contributed by atoms with van der Waals surface area (Å²) in [6.45, 7) is 5.08. The van der Waals surface area contributed by atoms with Gasteiger partial charge in [0.2, 0.25) is 0 Å². The van der Waals surface area contributed by atoms with E-state index < -0.39 is 0 Å². The van der Waals surface area contributed by atoms with Crippen molar-refractivity contribution in [1.82, 2.24) is 4.90 Å². The Morgan fingerprint density at radius 3 is 3.00 bits per heavy atom. The summed E-state index contributed by atoms with van der Waals surface area (Å²) < 4.78 is 0. The second-order valence-electron chi connectivity index (χ2n) is 3.77. The quantitative estimate of drug-likeness (QED) is 0.807. The highest BCUT2D eigenvalue weighted by Gasteiger charge is 2.29. The van der Waals surface area contributed by atoms with Crippen LogP contribution in [0, 0.1) is 0 Å². The van der Waals surface area contributed by atoms with E-state index in [9.17, 15) is 0 Å². The summed E-state index contributed by atoms with van der Waals surface area (Å²) in [5, 5.41) is 4.27. The maximum Gasteiger partial charge on any atom is 0.192 e. The van der Waals surface area contributed by atoms with Gasteiger partial charge in [0, 0.05) is 6.04 Å². The van der Waals surface area contributed by atoms with E-state index in [1.165, 1.54) is 5.56 Å². The third-order valence-electron chi connectivity index (χ3n) is 2.51. The van der Waals surface area contributed by atoms with E-state index in [1.54, 1.807) is 11.3 Å². The lowest BCUT2D eigenvalue weighted by atomic mass is 10.1. The Labute approximate surface area is 88.3 Å². The third kappa shape index (κ3) is 1.50. The highest BCUT2D eigenvalue weighted by molar-refractivity contribution is 7.07. The Balaban J connectivity index is 2.23. The zero-order valence-electron chi connectivity index (χ0n) is 8.47. The highest BCUT2D eigenvalue weighted by atomic mass is 32.1. The summed E-state index contributed by atoms with van der Waals surface area (Å²) in [6.07, 6.45) is 0. The Morgan fingerprint density at radius 1 is 1.64 bits per heavy atom. The zero-order valence-corrected chi connectivity index (χ0v) is 9.29. The van der Waals surface area contributed by atoms with Crippen molar-refractivity contribution in [3.63, 3.8) is 0 Å². The molecule has 0 radical (unpaired) electrons. The molecule has 0 spiro atoms. The second kappa shape index (κ2) is 3.61. The molecular formula is C10H15N3S. The topological polar surface area (TPSA) is 41.6 Å². The molecule has 14 heavy (non-hydrogen) atoms. The van der Waals surface area contributed by atoms with Gasteiger partial charge in [0.15, 0.2) is 5.96 Å². The van der Waals surface area contributed by atoms with Gasteiger partial charge in [-0.05, 0) is 36.2 Å². The molecule has 0 aromatic carbocycles. The maximum absolute atomic E-state index is 5.86. The molecule has 0 fully saturated rings. The van der Waals surface area contributed by atoms with Crippen molar-refractivity contribution < 1.29 is 0 Å². The maximum atomic E-state index is 5.86. The normalized spacial score (nSPS) is 21.8. The Morgan fingerprint density at radius 2 is 2.43 bits per heavy atom. The van der Waals surface area contributed by atoms with E-state index >= 15 is 0 Å². The average Bonchev–Trinajstić information content (AvgIpc) is 2.70. The molecular weight excluding hydrogens is 194 g/mol. The molecule has 3 nitrogen and oxygen atoms in total. The fourth-order valence-electron chi connectivity index (χ4n) is 1.86. The summed E-state index contributed by atoms with van der Waals surface area (Å²) in [5.74, 6) is 0.677. The molecule has 0 saturated heterocycles. The molecule has 1 aromatic rings. The van der Waals surface area contributed by atoms with Crippen LogP contribution in [0.15, 0.2) is 21.8 Å². The summed E-state index contributed by atoms with van der Waals surface area (Å²) in [6, 6.07) is 2.91. The standard InChI is InChI=1S/C10H15N3S/c1-7(2)13-9(5-12-10(13)11)8-3-4-14-6-8/h3-4,6-7,9H,5H2,1-2H3,(H2,11,12). The van der Waals surface area contributed by atoms with Gasteiger partial charge in [-0.1, -0.05) is 0 Å². The van der Waals surface area contributed by atoms with Crippen LogP contribution >= 0.6 is 11.3 Å². The van der Waals surface area contributed by atoms with Crippen molar-refractivity contribution in [1.29, 1.82) is 0 Å². The van der Waals surface area contributed by atoms with Gasteiger partial charge >= 0.3 is 0 Å². The van der Waals surface area contributed by atoms with E-state index in [-0.39, 0.29) is 0 Å². The van der Waals surface area contributed by atoms with E-state index in [1.807, 2.05) is 0 Å². The molecule has 2 heterocycles. The lowest BCUT2D eigenvalue weighted by molar-refractivity contribution is 0.290. The number of nitrogens with zero attached hydrogens (tertiary/aromatic N) is 2. The average molecular weight is 209 g/mol. The van der Waals surface area contributed by atoms with Gasteiger partial charge in [-0.2, -0.15) is 11.3 Å². The minimum atomic E-state index is 0.348. The van der Waals surface area contributed by atoms with E-state index in [0.717, 1.165) is 6.54 Å². The van der Waals surface area contributed by atoms with Crippen molar-refractivity contribution in [2.45, 2.75) is 25.9 Å². The van der Waals surface area contributed by atoms with Crippen LogP contribution in [0.25, 0.3) is 0 Å². The Bertz CT molecular complexity index is 329. The second-order valence-corrected chi connectivity index (χ2v) is 4.55. The number of guanidine groups is 1. The predicted octanol–water partition coefficient (Wildman–Crippen LogP) is 1.83. The van der Waals surface area contributed by atoms with Gasteiger partial charge < -0.3 is 10.6 Å². The number of rotatable bonds is 2. The van der Waals surface area contributed by atoms with Crippen molar-refractivity contribution in [2.75, 3.05) is 6.54 Å². The van der Waals surface area contributed by atoms with Crippen LogP contribution in [-0.2, 0) is 0 Å². The molecule has 76 valence electrons. The largest absolute Gasteiger partial charge is 0.370 e. The molecule has 4 heteroatoms. The smallest absolute Gasteiger partial charge is 0.192 e. The van der Waals surface area contributed by atoms with Gasteiger partial charge in [-0.25, -0.2) is 0 Å². The Kier molecular flexibility index (Phi) is 2.46. The number of thiophene rings is 1. The third-order valence-corrected chi connectivity index (χ3v) is 3.21. The number of hydrogen-bond acceptors (Lipinski definition) is 4. The molecule has 1 aromatic heterocycles. The van der Waals surface area contributed by atoms with Crippen molar-refractivity contribution in [2.24, 2.45) is 10.7 Å². The number of hydrogen-bond donors (Lipinski definition) is 1. The molecule has 1 unspecified atom stereocenters. The van der Waals surface area contributed by atoms with Crippen LogP contribution < -0.4 is 5.73 Å². The van der Waals surface area contributed by atoms with Gasteiger partial charge in [-0.3, -0.25) is 4.99 Å². The molecule has 0 bridgehead atoms. The molecule has 1 atom stereocenters. The minimum absolute atomic E-state index is 0.348. The fourth-order valence-corrected chi connectivity index (χ4v) is 2.57. The van der Waals surface area contributed by atoms with Crippen molar-refractivity contribution >= 4 is 17.3 Å². The molecule has 0 aliphatic carbocycles. The first kappa shape index (κ1) is 9.52. The van der Waals surface area contributed by atoms with Crippen LogP contribution in [-0.4, -0.2) is 23.4 Å². The highest BCUT2D eigenvalue weighted by Crippen LogP contribution is 2.28. The van der Waals surface area contributed by atoms with Crippen molar-refractivity contribution in [3.05, 3.63) is 22.4 Å². The Hall–Kier alpha value is -1.03. The summed E-state index contributed by atoms with van der Waals surface area (Å²) in [7, 11) is 0. The summed E-state index contributed by atoms with van der Waals surface area (Å²) >= 11 is 1.72. The molecule has 2 rings (SSSR count). The monoisotopic (exact) mass is 209 g/mol. The lowest BCUT2D eigenvalue weighted by Crippen LogP contribution is -2.40.